The Hall–Kier alpha value is -2.06. The van der Waals surface area contributed by atoms with Gasteiger partial charge in [-0.05, 0) is 37.6 Å². The summed E-state index contributed by atoms with van der Waals surface area (Å²) in [6, 6.07) is 5.62. The third kappa shape index (κ3) is 4.37. The predicted octanol–water partition coefficient (Wildman–Crippen LogP) is 1.79. The van der Waals surface area contributed by atoms with Crippen LogP contribution in [0, 0.1) is 0 Å². The number of nitrogens with zero attached hydrogens (tertiary/aromatic N) is 1. The first-order valence-electron chi connectivity index (χ1n) is 8.79. The molecule has 26 heavy (non-hydrogen) atoms. The Morgan fingerprint density at radius 1 is 1.38 bits per heavy atom. The molecule has 0 atom stereocenters. The van der Waals surface area contributed by atoms with Gasteiger partial charge < -0.3 is 15.7 Å². The van der Waals surface area contributed by atoms with Crippen LogP contribution < -0.4 is 10.6 Å². The fourth-order valence-electron chi connectivity index (χ4n) is 3.31. The molecule has 0 unspecified atom stereocenters. The highest BCUT2D eigenvalue weighted by atomic mass is 32.2. The van der Waals surface area contributed by atoms with Crippen molar-refractivity contribution in [2.24, 2.45) is 0 Å². The number of carbonyl (C=O) groups excluding carboxylic acids is 2. The highest BCUT2D eigenvalue weighted by Crippen LogP contribution is 2.32. The highest BCUT2D eigenvalue weighted by molar-refractivity contribution is 7.99. The lowest BCUT2D eigenvalue weighted by atomic mass is 9.85. The van der Waals surface area contributed by atoms with Crippen molar-refractivity contribution >= 4 is 35.2 Å². The molecule has 1 aromatic rings. The van der Waals surface area contributed by atoms with Crippen LogP contribution in [0.15, 0.2) is 23.1 Å². The molecule has 0 radical (unpaired) electrons. The third-order valence-electron chi connectivity index (χ3n) is 4.81. The molecule has 1 heterocycles. The quantitative estimate of drug-likeness (QED) is 0.699. The first-order valence-corrected chi connectivity index (χ1v) is 9.78. The molecule has 1 aliphatic carbocycles. The number of likely N-dealkylation sites (N-methyl/N-ethyl adjacent to an activating group) is 1. The van der Waals surface area contributed by atoms with Gasteiger partial charge in [0.2, 0.25) is 5.91 Å². The zero-order chi connectivity index (χ0) is 18.7. The predicted molar refractivity (Wildman–Crippen MR) is 99.6 cm³/mol. The number of hydrogen-bond acceptors (Lipinski definition) is 5. The minimum Gasteiger partial charge on any atom is -0.480 e. The van der Waals surface area contributed by atoms with E-state index in [0.29, 0.717) is 24.2 Å². The summed E-state index contributed by atoms with van der Waals surface area (Å²) in [6.07, 6.45) is 1.98. The summed E-state index contributed by atoms with van der Waals surface area (Å²) in [5.74, 6) is -0.294. The number of hydrogen-bond donors (Lipinski definition) is 3. The summed E-state index contributed by atoms with van der Waals surface area (Å²) in [5, 5.41) is 14.8. The van der Waals surface area contributed by atoms with Crippen LogP contribution in [0.25, 0.3) is 0 Å². The molecule has 2 aliphatic rings. The number of carbonyl (C=O) groups is 3. The van der Waals surface area contributed by atoms with E-state index in [4.69, 9.17) is 5.11 Å². The molecule has 8 heteroatoms. The van der Waals surface area contributed by atoms with Gasteiger partial charge in [0.15, 0.2) is 0 Å². The second-order valence-corrected chi connectivity index (χ2v) is 7.75. The van der Waals surface area contributed by atoms with E-state index < -0.39 is 5.97 Å². The van der Waals surface area contributed by atoms with Crippen molar-refractivity contribution in [1.29, 1.82) is 0 Å². The van der Waals surface area contributed by atoms with Crippen molar-refractivity contribution in [3.63, 3.8) is 0 Å². The molecule has 7 nitrogen and oxygen atoms in total. The molecule has 0 bridgehead atoms. The lowest BCUT2D eigenvalue weighted by molar-refractivity contribution is -0.139. The average Bonchev–Trinajstić information content (AvgIpc) is 2.75. The van der Waals surface area contributed by atoms with Gasteiger partial charge >= 0.3 is 5.97 Å². The third-order valence-corrected chi connectivity index (χ3v) is 5.89. The maximum absolute atomic E-state index is 12.5. The van der Waals surface area contributed by atoms with Crippen LogP contribution in [-0.4, -0.2) is 58.7 Å². The Balaban J connectivity index is 1.56. The van der Waals surface area contributed by atoms with E-state index in [1.807, 2.05) is 17.9 Å². The van der Waals surface area contributed by atoms with Crippen LogP contribution in [0.3, 0.4) is 0 Å². The highest BCUT2D eigenvalue weighted by Gasteiger charge is 2.34. The normalized spacial score (nSPS) is 22.0. The van der Waals surface area contributed by atoms with E-state index >= 15 is 0 Å². The van der Waals surface area contributed by atoms with Gasteiger partial charge in [0.25, 0.3) is 5.91 Å². The second kappa shape index (κ2) is 8.09. The molecule has 1 aromatic carbocycles. The minimum absolute atomic E-state index is 0.0318. The first kappa shape index (κ1) is 18.7. The van der Waals surface area contributed by atoms with Crippen molar-refractivity contribution in [1.82, 2.24) is 10.2 Å². The Morgan fingerprint density at radius 3 is 2.85 bits per heavy atom. The minimum atomic E-state index is -0.829. The first-order chi connectivity index (χ1) is 12.5. The summed E-state index contributed by atoms with van der Waals surface area (Å²) in [4.78, 5) is 38.0. The van der Waals surface area contributed by atoms with Gasteiger partial charge in [0.1, 0.15) is 0 Å². The summed E-state index contributed by atoms with van der Waals surface area (Å²) in [5.41, 5.74) is 1.21. The van der Waals surface area contributed by atoms with E-state index in [2.05, 4.69) is 10.6 Å². The number of benzene rings is 1. The second-order valence-electron chi connectivity index (χ2n) is 6.61. The number of nitrogens with one attached hydrogen (secondary N) is 2. The molecule has 3 rings (SSSR count). The molecule has 3 N–H and O–H groups in total. The van der Waals surface area contributed by atoms with Gasteiger partial charge in [-0.3, -0.25) is 19.3 Å². The molecule has 1 saturated carbocycles. The van der Waals surface area contributed by atoms with Crippen molar-refractivity contribution in [3.8, 4) is 0 Å². The van der Waals surface area contributed by atoms with E-state index in [1.165, 1.54) is 0 Å². The molecule has 1 fully saturated rings. The van der Waals surface area contributed by atoms with Crippen LogP contribution in [0.5, 0.6) is 0 Å². The average molecular weight is 377 g/mol. The van der Waals surface area contributed by atoms with Crippen molar-refractivity contribution in [2.45, 2.75) is 43.2 Å². The number of amides is 2. The SMILES string of the molecule is CCN(CC(=O)O)C1CC(NC(=O)c2ccc3c(c2)NC(=O)CCS3)C1. The van der Waals surface area contributed by atoms with Crippen molar-refractivity contribution < 1.29 is 19.5 Å². The zero-order valence-electron chi connectivity index (χ0n) is 14.7. The summed E-state index contributed by atoms with van der Waals surface area (Å²) >= 11 is 1.61. The monoisotopic (exact) mass is 377 g/mol. The van der Waals surface area contributed by atoms with Gasteiger partial charge in [-0.25, -0.2) is 0 Å². The van der Waals surface area contributed by atoms with Gasteiger partial charge in [-0.15, -0.1) is 11.8 Å². The van der Waals surface area contributed by atoms with Gasteiger partial charge in [0.05, 0.1) is 12.2 Å². The lowest BCUT2D eigenvalue weighted by Crippen LogP contribution is -2.54. The van der Waals surface area contributed by atoms with Crippen LogP contribution in [0.2, 0.25) is 0 Å². The number of aliphatic carboxylic acids is 1. The van der Waals surface area contributed by atoms with Gasteiger partial charge in [-0.1, -0.05) is 6.92 Å². The maximum atomic E-state index is 12.5. The Bertz CT molecular complexity index is 718. The van der Waals surface area contributed by atoms with E-state index in [0.717, 1.165) is 23.5 Å². The molecule has 0 aromatic heterocycles. The zero-order valence-corrected chi connectivity index (χ0v) is 15.5. The molecule has 140 valence electrons. The van der Waals surface area contributed by atoms with Crippen LogP contribution in [-0.2, 0) is 9.59 Å². The fourth-order valence-corrected chi connectivity index (χ4v) is 4.24. The Morgan fingerprint density at radius 2 is 2.15 bits per heavy atom. The number of rotatable bonds is 6. The standard InChI is InChI=1S/C18H23N3O4S/c1-2-21(10-17(23)24)13-8-12(9-13)19-18(25)11-3-4-15-14(7-11)20-16(22)5-6-26-15/h3-4,7,12-13H,2,5-6,8-10H2,1H3,(H,19,25)(H,20,22)(H,23,24). The molecule has 2 amide bonds. The molecule has 1 aliphatic heterocycles. The van der Waals surface area contributed by atoms with E-state index in [1.54, 1.807) is 23.9 Å². The summed E-state index contributed by atoms with van der Waals surface area (Å²) in [7, 11) is 0. The molecular formula is C18H23N3O4S. The Kier molecular flexibility index (Phi) is 5.83. The number of fused-ring (bicyclic) bond motifs is 1. The largest absolute Gasteiger partial charge is 0.480 e. The lowest BCUT2D eigenvalue weighted by Gasteiger charge is -2.42. The number of carboxylic acids is 1. The van der Waals surface area contributed by atoms with E-state index in [-0.39, 0.29) is 30.4 Å². The van der Waals surface area contributed by atoms with Crippen LogP contribution >= 0.6 is 11.8 Å². The number of anilines is 1. The topological polar surface area (TPSA) is 98.7 Å². The summed E-state index contributed by atoms with van der Waals surface area (Å²) < 4.78 is 0. The number of thioether (sulfide) groups is 1. The smallest absolute Gasteiger partial charge is 0.317 e. The van der Waals surface area contributed by atoms with Crippen molar-refractivity contribution in [2.75, 3.05) is 24.2 Å². The van der Waals surface area contributed by atoms with Crippen molar-refractivity contribution in [3.05, 3.63) is 23.8 Å². The van der Waals surface area contributed by atoms with Gasteiger partial charge in [0, 0.05) is 34.7 Å². The van der Waals surface area contributed by atoms with Gasteiger partial charge in [-0.2, -0.15) is 0 Å². The fraction of sp³-hybridized carbons (Fsp3) is 0.500. The molecule has 0 spiro atoms. The maximum Gasteiger partial charge on any atom is 0.317 e. The number of carboxylic acid groups (broad SMARTS) is 1. The molecule has 0 saturated heterocycles. The summed E-state index contributed by atoms with van der Waals surface area (Å²) in [6.45, 7) is 2.65. The Labute approximate surface area is 156 Å². The van der Waals surface area contributed by atoms with Crippen LogP contribution in [0.1, 0.15) is 36.5 Å². The van der Waals surface area contributed by atoms with E-state index in [9.17, 15) is 14.4 Å². The molecular weight excluding hydrogens is 354 g/mol. The van der Waals surface area contributed by atoms with Crippen LogP contribution in [0.4, 0.5) is 5.69 Å².